The van der Waals surface area contributed by atoms with Gasteiger partial charge in [0.1, 0.15) is 0 Å². The summed E-state index contributed by atoms with van der Waals surface area (Å²) in [4.78, 5) is 27.9. The van der Waals surface area contributed by atoms with Gasteiger partial charge >= 0.3 is 6.09 Å². The summed E-state index contributed by atoms with van der Waals surface area (Å²) in [6.07, 6.45) is -1.39. The van der Waals surface area contributed by atoms with Crippen molar-refractivity contribution in [1.82, 2.24) is 10.2 Å². The van der Waals surface area contributed by atoms with Crippen LogP contribution in [0.15, 0.2) is 48.5 Å². The van der Waals surface area contributed by atoms with Crippen LogP contribution >= 0.6 is 0 Å². The number of rotatable bonds is 8. The number of Topliss-reactive ketones (excluding diaryl/α,β-unsaturated/α-hetero) is 1. The molecule has 1 aliphatic heterocycles. The summed E-state index contributed by atoms with van der Waals surface area (Å²) < 4.78 is 29.8. The van der Waals surface area contributed by atoms with Crippen molar-refractivity contribution in [3.63, 3.8) is 0 Å². The van der Waals surface area contributed by atoms with Crippen molar-refractivity contribution < 1.29 is 22.7 Å². The van der Waals surface area contributed by atoms with Crippen LogP contribution < -0.4 is 5.32 Å². The number of carbonyl (C=O) groups excluding carboxylic acids is 2. The SMILES string of the molecule is CCOC(=O)N[C@@H](C(=O)c1ccc(C)cc1)N(Cc1ccc(C(C)(C)C)cc1)[C@@H]1CCS(=O)(=O)C1. The van der Waals surface area contributed by atoms with Crippen LogP contribution in [0.25, 0.3) is 0 Å². The molecule has 0 aromatic heterocycles. The maximum Gasteiger partial charge on any atom is 0.408 e. The average Bonchev–Trinajstić information content (AvgIpc) is 3.15. The van der Waals surface area contributed by atoms with Gasteiger partial charge in [-0.3, -0.25) is 15.0 Å². The van der Waals surface area contributed by atoms with E-state index in [0.29, 0.717) is 18.5 Å². The van der Waals surface area contributed by atoms with E-state index in [1.165, 1.54) is 5.56 Å². The lowest BCUT2D eigenvalue weighted by molar-refractivity contribution is 0.0619. The van der Waals surface area contributed by atoms with Crippen molar-refractivity contribution in [3.05, 3.63) is 70.8 Å². The molecule has 35 heavy (non-hydrogen) atoms. The van der Waals surface area contributed by atoms with Crippen LogP contribution in [0.3, 0.4) is 0 Å². The van der Waals surface area contributed by atoms with Gasteiger partial charge in [0.2, 0.25) is 0 Å². The molecule has 190 valence electrons. The molecular formula is C27H36N2O5S. The number of hydrogen-bond acceptors (Lipinski definition) is 6. The zero-order valence-electron chi connectivity index (χ0n) is 21.2. The fourth-order valence-electron chi connectivity index (χ4n) is 4.25. The van der Waals surface area contributed by atoms with Crippen LogP contribution in [-0.2, 0) is 26.5 Å². The Bertz CT molecular complexity index is 1140. The maximum atomic E-state index is 13.7. The number of ketones is 1. The zero-order valence-corrected chi connectivity index (χ0v) is 22.0. The molecular weight excluding hydrogens is 464 g/mol. The van der Waals surface area contributed by atoms with Crippen molar-refractivity contribution in [2.24, 2.45) is 0 Å². The third-order valence-corrected chi connectivity index (χ3v) is 8.06. The molecule has 0 bridgehead atoms. The van der Waals surface area contributed by atoms with E-state index < -0.39 is 28.1 Å². The van der Waals surface area contributed by atoms with Crippen LogP contribution in [0.2, 0.25) is 0 Å². The molecule has 0 radical (unpaired) electrons. The first-order valence-corrected chi connectivity index (χ1v) is 13.8. The van der Waals surface area contributed by atoms with Gasteiger partial charge in [0, 0.05) is 18.2 Å². The van der Waals surface area contributed by atoms with E-state index in [1.54, 1.807) is 24.0 Å². The highest BCUT2D eigenvalue weighted by Crippen LogP contribution is 2.26. The van der Waals surface area contributed by atoms with Crippen LogP contribution in [0.5, 0.6) is 0 Å². The van der Waals surface area contributed by atoms with E-state index in [9.17, 15) is 18.0 Å². The summed E-state index contributed by atoms with van der Waals surface area (Å²) in [5.74, 6) is -0.314. The second kappa shape index (κ2) is 10.9. The van der Waals surface area contributed by atoms with Gasteiger partial charge in [-0.25, -0.2) is 13.2 Å². The standard InChI is InChI=1S/C27H36N2O5S/c1-6-34-26(31)28-25(24(30)21-11-7-19(2)8-12-21)29(23-15-16-35(32,33)18-23)17-20-9-13-22(14-10-20)27(3,4)5/h7-14,23,25H,6,15-18H2,1-5H3,(H,28,31)/t23-,25-/m1/s1. The van der Waals surface area contributed by atoms with Crippen LogP contribution in [-0.4, -0.2) is 55.5 Å². The minimum Gasteiger partial charge on any atom is -0.450 e. The third kappa shape index (κ3) is 7.15. The lowest BCUT2D eigenvalue weighted by Gasteiger charge is -2.35. The number of aryl methyl sites for hydroxylation is 1. The van der Waals surface area contributed by atoms with E-state index >= 15 is 0 Å². The van der Waals surface area contributed by atoms with E-state index in [4.69, 9.17) is 4.74 Å². The number of nitrogens with zero attached hydrogens (tertiary/aromatic N) is 1. The van der Waals surface area contributed by atoms with Gasteiger partial charge in [-0.05, 0) is 36.8 Å². The Morgan fingerprint density at radius 3 is 2.23 bits per heavy atom. The Balaban J connectivity index is 2.00. The highest BCUT2D eigenvalue weighted by molar-refractivity contribution is 7.91. The second-order valence-corrected chi connectivity index (χ2v) is 12.4. The lowest BCUT2D eigenvalue weighted by Crippen LogP contribution is -2.56. The predicted octanol–water partition coefficient (Wildman–Crippen LogP) is 4.24. The Hall–Kier alpha value is -2.71. The number of nitrogens with one attached hydrogen (secondary N) is 1. The van der Waals surface area contributed by atoms with Gasteiger partial charge in [-0.1, -0.05) is 74.9 Å². The van der Waals surface area contributed by atoms with Crippen molar-refractivity contribution in [1.29, 1.82) is 0 Å². The van der Waals surface area contributed by atoms with E-state index in [1.807, 2.05) is 31.2 Å². The molecule has 0 unspecified atom stereocenters. The zero-order chi connectivity index (χ0) is 25.8. The fraction of sp³-hybridized carbons (Fsp3) is 0.481. The maximum absolute atomic E-state index is 13.7. The monoisotopic (exact) mass is 500 g/mol. The summed E-state index contributed by atoms with van der Waals surface area (Å²) in [6.45, 7) is 10.5. The van der Waals surface area contributed by atoms with Gasteiger partial charge in [-0.2, -0.15) is 0 Å². The van der Waals surface area contributed by atoms with E-state index in [-0.39, 0.29) is 29.3 Å². The molecule has 0 aliphatic carbocycles. The van der Waals surface area contributed by atoms with Gasteiger partial charge in [0.05, 0.1) is 18.1 Å². The highest BCUT2D eigenvalue weighted by atomic mass is 32.2. The van der Waals surface area contributed by atoms with Gasteiger partial charge < -0.3 is 4.74 Å². The summed E-state index contributed by atoms with van der Waals surface area (Å²) in [5, 5.41) is 2.71. The predicted molar refractivity (Wildman–Crippen MR) is 137 cm³/mol. The van der Waals surface area contributed by atoms with Crippen LogP contribution in [0.4, 0.5) is 4.79 Å². The first-order chi connectivity index (χ1) is 16.4. The molecule has 1 saturated heterocycles. The molecule has 7 nitrogen and oxygen atoms in total. The number of sulfone groups is 1. The van der Waals surface area contributed by atoms with Gasteiger partial charge in [-0.15, -0.1) is 0 Å². The number of amides is 1. The highest BCUT2D eigenvalue weighted by Gasteiger charge is 2.39. The van der Waals surface area contributed by atoms with E-state index in [2.05, 4.69) is 38.2 Å². The summed E-state index contributed by atoms with van der Waals surface area (Å²) in [6, 6.07) is 14.8. The summed E-state index contributed by atoms with van der Waals surface area (Å²) in [5.41, 5.74) is 3.54. The second-order valence-electron chi connectivity index (χ2n) is 10.2. The van der Waals surface area contributed by atoms with Crippen LogP contribution in [0.1, 0.15) is 61.2 Å². The third-order valence-electron chi connectivity index (χ3n) is 6.31. The fourth-order valence-corrected chi connectivity index (χ4v) is 5.99. The number of hydrogen-bond donors (Lipinski definition) is 1. The lowest BCUT2D eigenvalue weighted by atomic mass is 9.86. The average molecular weight is 501 g/mol. The van der Waals surface area contributed by atoms with Gasteiger partial charge in [0.15, 0.2) is 21.8 Å². The Morgan fingerprint density at radius 2 is 1.71 bits per heavy atom. The molecule has 0 spiro atoms. The number of alkyl carbamates (subject to hydrolysis) is 1. The molecule has 1 amide bonds. The smallest absolute Gasteiger partial charge is 0.408 e. The molecule has 3 rings (SSSR count). The molecule has 8 heteroatoms. The minimum absolute atomic E-state index is 0.00679. The molecule has 0 saturated carbocycles. The Labute approximate surface area is 208 Å². The summed E-state index contributed by atoms with van der Waals surface area (Å²) in [7, 11) is -3.22. The topological polar surface area (TPSA) is 92.8 Å². The summed E-state index contributed by atoms with van der Waals surface area (Å²) >= 11 is 0. The Morgan fingerprint density at radius 1 is 1.09 bits per heavy atom. The quantitative estimate of drug-likeness (QED) is 0.431. The molecule has 2 atom stereocenters. The number of ether oxygens (including phenoxy) is 1. The molecule has 1 fully saturated rings. The first kappa shape index (κ1) is 26.9. The molecule has 2 aromatic rings. The van der Waals surface area contributed by atoms with Crippen molar-refractivity contribution >= 4 is 21.7 Å². The minimum atomic E-state index is -3.22. The Kier molecular flexibility index (Phi) is 8.38. The number of carbonyl (C=O) groups is 2. The normalized spacial score (nSPS) is 18.3. The molecule has 1 aliphatic rings. The van der Waals surface area contributed by atoms with Gasteiger partial charge in [0.25, 0.3) is 0 Å². The van der Waals surface area contributed by atoms with Crippen molar-refractivity contribution in [3.8, 4) is 0 Å². The van der Waals surface area contributed by atoms with Crippen LogP contribution in [0, 0.1) is 6.92 Å². The molecule has 1 heterocycles. The largest absolute Gasteiger partial charge is 0.450 e. The molecule has 2 aromatic carbocycles. The first-order valence-electron chi connectivity index (χ1n) is 12.0. The number of benzene rings is 2. The van der Waals surface area contributed by atoms with Crippen molar-refractivity contribution in [2.75, 3.05) is 18.1 Å². The van der Waals surface area contributed by atoms with Crippen molar-refractivity contribution in [2.45, 2.75) is 65.2 Å². The molecule has 1 N–H and O–H groups in total. The van der Waals surface area contributed by atoms with E-state index in [0.717, 1.165) is 11.1 Å².